The standard InChI is InChI=1S/C17H16N2O3/c20-17-8-6-15(18-19-17)13-5-7-16(22-10-11-9-21-11)14-4-2-1-3-12(13)14/h1-5,7,11H,6,8-10H2,(H,19,20). The number of benzene rings is 2. The molecule has 112 valence electrons. The summed E-state index contributed by atoms with van der Waals surface area (Å²) in [6.07, 6.45) is 1.37. The van der Waals surface area contributed by atoms with E-state index in [1.54, 1.807) is 0 Å². The molecule has 0 aliphatic carbocycles. The Morgan fingerprint density at radius 2 is 2.00 bits per heavy atom. The highest BCUT2D eigenvalue weighted by molar-refractivity contribution is 6.13. The van der Waals surface area contributed by atoms with Gasteiger partial charge in [0.25, 0.3) is 0 Å². The van der Waals surface area contributed by atoms with Gasteiger partial charge in [0, 0.05) is 23.8 Å². The number of fused-ring (bicyclic) bond motifs is 1. The van der Waals surface area contributed by atoms with Gasteiger partial charge in [0.1, 0.15) is 18.5 Å². The summed E-state index contributed by atoms with van der Waals surface area (Å²) >= 11 is 0. The fraction of sp³-hybridized carbons (Fsp3) is 0.294. The molecule has 1 unspecified atom stereocenters. The molecule has 1 N–H and O–H groups in total. The topological polar surface area (TPSA) is 63.2 Å². The van der Waals surface area contributed by atoms with Crippen LogP contribution in [0.3, 0.4) is 0 Å². The minimum atomic E-state index is -0.0301. The average Bonchev–Trinajstić information content (AvgIpc) is 3.38. The van der Waals surface area contributed by atoms with Gasteiger partial charge in [-0.25, -0.2) is 5.43 Å². The summed E-state index contributed by atoms with van der Waals surface area (Å²) in [5.41, 5.74) is 4.52. The number of hydrogen-bond acceptors (Lipinski definition) is 4. The first kappa shape index (κ1) is 13.3. The second-order valence-electron chi connectivity index (χ2n) is 5.52. The zero-order valence-electron chi connectivity index (χ0n) is 12.0. The van der Waals surface area contributed by atoms with Crippen LogP contribution >= 0.6 is 0 Å². The minimum Gasteiger partial charge on any atom is -0.490 e. The Bertz CT molecular complexity index is 766. The maximum absolute atomic E-state index is 11.3. The molecule has 4 rings (SSSR count). The quantitative estimate of drug-likeness (QED) is 0.880. The number of hydrazone groups is 1. The van der Waals surface area contributed by atoms with Crippen LogP contribution < -0.4 is 10.2 Å². The molecule has 0 bridgehead atoms. The zero-order chi connectivity index (χ0) is 14.9. The Labute approximate surface area is 127 Å². The molecular formula is C17H16N2O3. The molecule has 2 aromatic carbocycles. The summed E-state index contributed by atoms with van der Waals surface area (Å²) in [6, 6.07) is 12.1. The number of epoxide rings is 1. The highest BCUT2D eigenvalue weighted by Gasteiger charge is 2.23. The van der Waals surface area contributed by atoms with Crippen LogP contribution in [0.25, 0.3) is 10.8 Å². The zero-order valence-corrected chi connectivity index (χ0v) is 12.0. The molecule has 1 fully saturated rings. The van der Waals surface area contributed by atoms with E-state index < -0.39 is 0 Å². The van der Waals surface area contributed by atoms with Gasteiger partial charge in [0.2, 0.25) is 5.91 Å². The van der Waals surface area contributed by atoms with Gasteiger partial charge in [-0.1, -0.05) is 24.3 Å². The molecule has 22 heavy (non-hydrogen) atoms. The maximum Gasteiger partial charge on any atom is 0.240 e. The Hall–Kier alpha value is -2.40. The molecule has 2 heterocycles. The Balaban J connectivity index is 1.73. The van der Waals surface area contributed by atoms with E-state index in [1.807, 2.05) is 30.3 Å². The maximum atomic E-state index is 11.3. The van der Waals surface area contributed by atoms with E-state index in [9.17, 15) is 4.79 Å². The number of rotatable bonds is 4. The third-order valence-electron chi connectivity index (χ3n) is 3.93. The van der Waals surface area contributed by atoms with E-state index >= 15 is 0 Å². The molecule has 2 aromatic rings. The van der Waals surface area contributed by atoms with Gasteiger partial charge in [0.05, 0.1) is 12.3 Å². The largest absolute Gasteiger partial charge is 0.490 e. The van der Waals surface area contributed by atoms with Gasteiger partial charge in [-0.3, -0.25) is 4.79 Å². The molecule has 1 amide bonds. The third-order valence-corrected chi connectivity index (χ3v) is 3.93. The number of carbonyl (C=O) groups excluding carboxylic acids is 1. The molecule has 0 radical (unpaired) electrons. The van der Waals surface area contributed by atoms with Crippen molar-refractivity contribution in [1.82, 2.24) is 5.43 Å². The SMILES string of the molecule is O=C1CCC(c2ccc(OCC3CO3)c3ccccc23)=NN1. The van der Waals surface area contributed by atoms with Crippen molar-refractivity contribution in [3.8, 4) is 5.75 Å². The van der Waals surface area contributed by atoms with E-state index in [2.05, 4.69) is 16.6 Å². The number of nitrogens with zero attached hydrogens (tertiary/aromatic N) is 1. The van der Waals surface area contributed by atoms with Crippen LogP contribution in [0.1, 0.15) is 18.4 Å². The van der Waals surface area contributed by atoms with Crippen molar-refractivity contribution in [2.24, 2.45) is 5.10 Å². The molecule has 0 saturated carbocycles. The van der Waals surface area contributed by atoms with E-state index in [0.717, 1.165) is 34.4 Å². The van der Waals surface area contributed by atoms with E-state index in [0.29, 0.717) is 19.4 Å². The monoisotopic (exact) mass is 296 g/mol. The first-order chi connectivity index (χ1) is 10.8. The molecule has 1 atom stereocenters. The van der Waals surface area contributed by atoms with Crippen LogP contribution in [0.15, 0.2) is 41.5 Å². The van der Waals surface area contributed by atoms with Gasteiger partial charge >= 0.3 is 0 Å². The van der Waals surface area contributed by atoms with Crippen molar-refractivity contribution in [2.75, 3.05) is 13.2 Å². The lowest BCUT2D eigenvalue weighted by atomic mass is 9.97. The van der Waals surface area contributed by atoms with Crippen molar-refractivity contribution in [1.29, 1.82) is 0 Å². The first-order valence-corrected chi connectivity index (χ1v) is 7.43. The number of amides is 1. The van der Waals surface area contributed by atoms with E-state index in [4.69, 9.17) is 9.47 Å². The predicted molar refractivity (Wildman–Crippen MR) is 83.1 cm³/mol. The lowest BCUT2D eigenvalue weighted by molar-refractivity contribution is -0.121. The van der Waals surface area contributed by atoms with Crippen LogP contribution in [-0.4, -0.2) is 30.9 Å². The summed E-state index contributed by atoms with van der Waals surface area (Å²) in [6.45, 7) is 1.37. The number of nitrogens with one attached hydrogen (secondary N) is 1. The molecule has 2 aliphatic heterocycles. The van der Waals surface area contributed by atoms with Crippen LogP contribution in [0.2, 0.25) is 0 Å². The van der Waals surface area contributed by atoms with Crippen molar-refractivity contribution in [2.45, 2.75) is 18.9 Å². The van der Waals surface area contributed by atoms with Crippen molar-refractivity contribution >= 4 is 22.4 Å². The lowest BCUT2D eigenvalue weighted by Crippen LogP contribution is -2.26. The molecule has 0 aromatic heterocycles. The average molecular weight is 296 g/mol. The van der Waals surface area contributed by atoms with E-state index in [-0.39, 0.29) is 12.0 Å². The second kappa shape index (κ2) is 5.42. The molecular weight excluding hydrogens is 280 g/mol. The fourth-order valence-corrected chi connectivity index (χ4v) is 2.66. The molecule has 2 aliphatic rings. The van der Waals surface area contributed by atoms with Crippen molar-refractivity contribution in [3.63, 3.8) is 0 Å². The normalized spacial score (nSPS) is 20.5. The smallest absolute Gasteiger partial charge is 0.240 e. The van der Waals surface area contributed by atoms with Crippen LogP contribution in [0.5, 0.6) is 5.75 Å². The molecule has 0 spiro atoms. The van der Waals surface area contributed by atoms with Gasteiger partial charge in [0.15, 0.2) is 0 Å². The Kier molecular flexibility index (Phi) is 3.27. The minimum absolute atomic E-state index is 0.0301. The lowest BCUT2D eigenvalue weighted by Gasteiger charge is -2.16. The summed E-state index contributed by atoms with van der Waals surface area (Å²) in [4.78, 5) is 11.3. The summed E-state index contributed by atoms with van der Waals surface area (Å²) in [7, 11) is 0. The highest BCUT2D eigenvalue weighted by Crippen LogP contribution is 2.30. The number of hydrogen-bond donors (Lipinski definition) is 1. The first-order valence-electron chi connectivity index (χ1n) is 7.43. The number of ether oxygens (including phenoxy) is 2. The third kappa shape index (κ3) is 2.55. The summed E-state index contributed by atoms with van der Waals surface area (Å²) < 4.78 is 11.1. The van der Waals surface area contributed by atoms with Gasteiger partial charge in [-0.05, 0) is 17.5 Å². The van der Waals surface area contributed by atoms with Crippen molar-refractivity contribution < 1.29 is 14.3 Å². The van der Waals surface area contributed by atoms with Gasteiger partial charge in [-0.2, -0.15) is 5.10 Å². The highest BCUT2D eigenvalue weighted by atomic mass is 16.6. The Morgan fingerprint density at radius 1 is 1.18 bits per heavy atom. The number of carbonyl (C=O) groups is 1. The van der Waals surface area contributed by atoms with E-state index in [1.165, 1.54) is 0 Å². The predicted octanol–water partition coefficient (Wildman–Crippen LogP) is 2.23. The molecule has 1 saturated heterocycles. The summed E-state index contributed by atoms with van der Waals surface area (Å²) in [5.74, 6) is 0.827. The van der Waals surface area contributed by atoms with Crippen LogP contribution in [0, 0.1) is 0 Å². The molecule has 5 heteroatoms. The van der Waals surface area contributed by atoms with Crippen molar-refractivity contribution in [3.05, 3.63) is 42.0 Å². The second-order valence-corrected chi connectivity index (χ2v) is 5.52. The molecule has 5 nitrogen and oxygen atoms in total. The van der Waals surface area contributed by atoms with Gasteiger partial charge in [-0.15, -0.1) is 0 Å². The van der Waals surface area contributed by atoms with Crippen LogP contribution in [0.4, 0.5) is 0 Å². The Morgan fingerprint density at radius 3 is 2.73 bits per heavy atom. The fourth-order valence-electron chi connectivity index (χ4n) is 2.66. The van der Waals surface area contributed by atoms with Crippen LogP contribution in [-0.2, 0) is 9.53 Å². The van der Waals surface area contributed by atoms with Gasteiger partial charge < -0.3 is 9.47 Å². The summed E-state index contributed by atoms with van der Waals surface area (Å²) in [5, 5.41) is 6.35.